The lowest BCUT2D eigenvalue weighted by Gasteiger charge is -1.93. The third-order valence-electron chi connectivity index (χ3n) is 2.04. The van der Waals surface area contributed by atoms with Crippen LogP contribution in [-0.2, 0) is 0 Å². The number of benzene rings is 1. The van der Waals surface area contributed by atoms with Crippen molar-refractivity contribution in [3.8, 4) is 0 Å². The molecule has 1 aromatic carbocycles. The molecule has 3 heteroatoms. The minimum atomic E-state index is 0.535. The van der Waals surface area contributed by atoms with Crippen LogP contribution in [0, 0.1) is 13.8 Å². The van der Waals surface area contributed by atoms with Crippen LogP contribution in [0.2, 0.25) is 0 Å². The van der Waals surface area contributed by atoms with Gasteiger partial charge in [-0.3, -0.25) is 0 Å². The SMILES string of the molecule is Cc1ccc(/C=C/c2nnc(C)o2)cc1. The minimum absolute atomic E-state index is 0.535. The summed E-state index contributed by atoms with van der Waals surface area (Å²) < 4.78 is 5.22. The van der Waals surface area contributed by atoms with E-state index < -0.39 is 0 Å². The molecule has 2 rings (SSSR count). The molecule has 1 aromatic heterocycles. The predicted octanol–water partition coefficient (Wildman–Crippen LogP) is 2.86. The molecule has 0 bridgehead atoms. The van der Waals surface area contributed by atoms with Gasteiger partial charge in [0.25, 0.3) is 0 Å². The summed E-state index contributed by atoms with van der Waals surface area (Å²) in [5.74, 6) is 1.12. The molecular weight excluding hydrogens is 188 g/mol. The smallest absolute Gasteiger partial charge is 0.240 e. The van der Waals surface area contributed by atoms with Crippen LogP contribution >= 0.6 is 0 Å². The molecule has 0 saturated heterocycles. The van der Waals surface area contributed by atoms with Crippen molar-refractivity contribution in [2.45, 2.75) is 13.8 Å². The Morgan fingerprint density at radius 1 is 1.00 bits per heavy atom. The monoisotopic (exact) mass is 200 g/mol. The fourth-order valence-electron chi connectivity index (χ4n) is 1.22. The summed E-state index contributed by atoms with van der Waals surface area (Å²) >= 11 is 0. The largest absolute Gasteiger partial charge is 0.422 e. The van der Waals surface area contributed by atoms with Crippen molar-refractivity contribution in [2.24, 2.45) is 0 Å². The zero-order valence-electron chi connectivity index (χ0n) is 8.77. The highest BCUT2D eigenvalue weighted by Crippen LogP contribution is 2.08. The molecule has 76 valence electrons. The number of aryl methyl sites for hydroxylation is 2. The van der Waals surface area contributed by atoms with Gasteiger partial charge in [-0.15, -0.1) is 10.2 Å². The van der Waals surface area contributed by atoms with Crippen LogP contribution in [-0.4, -0.2) is 10.2 Å². The summed E-state index contributed by atoms with van der Waals surface area (Å²) in [6.07, 6.45) is 3.76. The molecule has 0 aliphatic heterocycles. The van der Waals surface area contributed by atoms with E-state index in [1.54, 1.807) is 6.92 Å². The third-order valence-corrected chi connectivity index (χ3v) is 2.04. The standard InChI is InChI=1S/C12H12N2O/c1-9-3-5-11(6-4-9)7-8-12-14-13-10(2)15-12/h3-8H,1-2H3/b8-7+. The first-order chi connectivity index (χ1) is 7.24. The maximum absolute atomic E-state index is 5.22. The van der Waals surface area contributed by atoms with Gasteiger partial charge in [0.2, 0.25) is 11.8 Å². The summed E-state index contributed by atoms with van der Waals surface area (Å²) in [6.45, 7) is 3.84. The molecular formula is C12H12N2O. The summed E-state index contributed by atoms with van der Waals surface area (Å²) in [6, 6.07) is 8.24. The van der Waals surface area contributed by atoms with Gasteiger partial charge in [0.15, 0.2) is 0 Å². The van der Waals surface area contributed by atoms with E-state index in [1.165, 1.54) is 5.56 Å². The fourth-order valence-corrected chi connectivity index (χ4v) is 1.22. The van der Waals surface area contributed by atoms with Crippen molar-refractivity contribution >= 4 is 12.2 Å². The van der Waals surface area contributed by atoms with E-state index in [1.807, 2.05) is 12.2 Å². The first-order valence-electron chi connectivity index (χ1n) is 4.79. The maximum atomic E-state index is 5.22. The number of nitrogens with zero attached hydrogens (tertiary/aromatic N) is 2. The number of hydrogen-bond donors (Lipinski definition) is 0. The zero-order chi connectivity index (χ0) is 10.7. The second-order valence-electron chi connectivity index (χ2n) is 3.40. The Morgan fingerprint density at radius 3 is 2.33 bits per heavy atom. The highest BCUT2D eigenvalue weighted by molar-refractivity contribution is 5.65. The molecule has 0 aliphatic carbocycles. The lowest BCUT2D eigenvalue weighted by molar-refractivity contribution is 0.510. The number of hydrogen-bond acceptors (Lipinski definition) is 3. The van der Waals surface area contributed by atoms with Crippen LogP contribution in [0.25, 0.3) is 12.2 Å². The Balaban J connectivity index is 2.14. The summed E-state index contributed by atoms with van der Waals surface area (Å²) in [4.78, 5) is 0. The van der Waals surface area contributed by atoms with Gasteiger partial charge in [0.1, 0.15) is 0 Å². The highest BCUT2D eigenvalue weighted by atomic mass is 16.4. The van der Waals surface area contributed by atoms with Gasteiger partial charge >= 0.3 is 0 Å². The molecule has 0 unspecified atom stereocenters. The normalized spacial score (nSPS) is 11.1. The van der Waals surface area contributed by atoms with Crippen molar-refractivity contribution in [3.05, 3.63) is 47.2 Å². The zero-order valence-corrected chi connectivity index (χ0v) is 8.77. The average Bonchev–Trinajstić information content (AvgIpc) is 2.64. The van der Waals surface area contributed by atoms with E-state index in [0.29, 0.717) is 11.8 Å². The van der Waals surface area contributed by atoms with E-state index in [4.69, 9.17) is 4.42 Å². The van der Waals surface area contributed by atoms with Gasteiger partial charge in [0.05, 0.1) is 0 Å². The first kappa shape index (κ1) is 9.65. The predicted molar refractivity (Wildman–Crippen MR) is 59.1 cm³/mol. The Bertz CT molecular complexity index is 469. The molecule has 1 heterocycles. The van der Waals surface area contributed by atoms with Crippen LogP contribution in [0.4, 0.5) is 0 Å². The van der Waals surface area contributed by atoms with Crippen LogP contribution < -0.4 is 0 Å². The molecule has 0 aliphatic rings. The second kappa shape index (κ2) is 4.09. The molecule has 0 fully saturated rings. The third kappa shape index (κ3) is 2.53. The van der Waals surface area contributed by atoms with Crippen molar-refractivity contribution in [2.75, 3.05) is 0 Å². The van der Waals surface area contributed by atoms with Gasteiger partial charge in [-0.05, 0) is 18.6 Å². The summed E-state index contributed by atoms with van der Waals surface area (Å²) in [5, 5.41) is 7.62. The molecule has 2 aromatic rings. The van der Waals surface area contributed by atoms with E-state index in [0.717, 1.165) is 5.56 Å². The van der Waals surface area contributed by atoms with E-state index in [9.17, 15) is 0 Å². The molecule has 0 N–H and O–H groups in total. The molecule has 3 nitrogen and oxygen atoms in total. The van der Waals surface area contributed by atoms with Crippen molar-refractivity contribution < 1.29 is 4.42 Å². The van der Waals surface area contributed by atoms with Crippen LogP contribution in [0.1, 0.15) is 22.9 Å². The molecule has 0 radical (unpaired) electrons. The minimum Gasteiger partial charge on any atom is -0.422 e. The van der Waals surface area contributed by atoms with Crippen molar-refractivity contribution in [3.63, 3.8) is 0 Å². The Kier molecular flexibility index (Phi) is 2.63. The molecule has 0 amide bonds. The first-order valence-corrected chi connectivity index (χ1v) is 4.79. The molecule has 0 saturated carbocycles. The van der Waals surface area contributed by atoms with Crippen LogP contribution in [0.5, 0.6) is 0 Å². The summed E-state index contributed by atoms with van der Waals surface area (Å²) in [7, 11) is 0. The molecule has 15 heavy (non-hydrogen) atoms. The molecule has 0 spiro atoms. The quantitative estimate of drug-likeness (QED) is 0.748. The fraction of sp³-hybridized carbons (Fsp3) is 0.167. The number of rotatable bonds is 2. The topological polar surface area (TPSA) is 38.9 Å². The van der Waals surface area contributed by atoms with Gasteiger partial charge in [0, 0.05) is 13.0 Å². The molecule has 0 atom stereocenters. The van der Waals surface area contributed by atoms with E-state index in [-0.39, 0.29) is 0 Å². The Morgan fingerprint density at radius 2 is 1.73 bits per heavy atom. The average molecular weight is 200 g/mol. The van der Waals surface area contributed by atoms with E-state index >= 15 is 0 Å². The van der Waals surface area contributed by atoms with Gasteiger partial charge in [-0.2, -0.15) is 0 Å². The summed E-state index contributed by atoms with van der Waals surface area (Å²) in [5.41, 5.74) is 2.37. The van der Waals surface area contributed by atoms with Crippen LogP contribution in [0.3, 0.4) is 0 Å². The lowest BCUT2D eigenvalue weighted by atomic mass is 10.1. The Hall–Kier alpha value is -1.90. The van der Waals surface area contributed by atoms with Crippen molar-refractivity contribution in [1.82, 2.24) is 10.2 Å². The maximum Gasteiger partial charge on any atom is 0.240 e. The lowest BCUT2D eigenvalue weighted by Crippen LogP contribution is -1.74. The van der Waals surface area contributed by atoms with Gasteiger partial charge < -0.3 is 4.42 Å². The van der Waals surface area contributed by atoms with E-state index in [2.05, 4.69) is 41.4 Å². The highest BCUT2D eigenvalue weighted by Gasteiger charge is 1.95. The number of aromatic nitrogens is 2. The van der Waals surface area contributed by atoms with Crippen LogP contribution in [0.15, 0.2) is 28.7 Å². The van der Waals surface area contributed by atoms with Gasteiger partial charge in [-0.1, -0.05) is 29.8 Å². The second-order valence-corrected chi connectivity index (χ2v) is 3.40. The van der Waals surface area contributed by atoms with Crippen molar-refractivity contribution in [1.29, 1.82) is 0 Å². The van der Waals surface area contributed by atoms with Gasteiger partial charge in [-0.25, -0.2) is 0 Å². The Labute approximate surface area is 88.5 Å².